The second kappa shape index (κ2) is 11.9. The minimum absolute atomic E-state index is 0.0449. The summed E-state index contributed by atoms with van der Waals surface area (Å²) >= 11 is 0. The fourth-order valence-electron chi connectivity index (χ4n) is 5.57. The van der Waals surface area contributed by atoms with Crippen LogP contribution in [0.1, 0.15) is 53.8 Å². The van der Waals surface area contributed by atoms with Gasteiger partial charge in [-0.05, 0) is 49.1 Å². The lowest BCUT2D eigenvalue weighted by Crippen LogP contribution is -2.32. The van der Waals surface area contributed by atoms with Crippen molar-refractivity contribution in [2.45, 2.75) is 32.2 Å². The van der Waals surface area contributed by atoms with E-state index in [-0.39, 0.29) is 47.5 Å². The molecule has 1 aliphatic rings. The summed E-state index contributed by atoms with van der Waals surface area (Å²) in [6.45, 7) is 1.88. The lowest BCUT2D eigenvalue weighted by molar-refractivity contribution is -0.126. The quantitative estimate of drug-likeness (QED) is 0.258. The maximum absolute atomic E-state index is 14.2. The number of rotatable bonds is 6. The molecule has 0 radical (unpaired) electrons. The predicted molar refractivity (Wildman–Crippen MR) is 165 cm³/mol. The average Bonchev–Trinajstić information content (AvgIpc) is 3.61. The third kappa shape index (κ3) is 5.41. The molecule has 4 N–H and O–H groups in total. The fourth-order valence-corrected chi connectivity index (χ4v) is 5.57. The molecular weight excluding hydrogens is 558 g/mol. The summed E-state index contributed by atoms with van der Waals surface area (Å²) in [5.74, 6) is 5.17. The number of amides is 2. The van der Waals surface area contributed by atoms with Crippen molar-refractivity contribution in [2.24, 2.45) is 5.92 Å². The van der Waals surface area contributed by atoms with E-state index in [1.807, 2.05) is 42.5 Å². The first-order valence-corrected chi connectivity index (χ1v) is 14.2. The third-order valence-electron chi connectivity index (χ3n) is 7.72. The molecule has 3 aromatic heterocycles. The van der Waals surface area contributed by atoms with Gasteiger partial charge in [-0.1, -0.05) is 42.2 Å². The number of nitrogen functional groups attached to an aromatic ring is 1. The van der Waals surface area contributed by atoms with Crippen LogP contribution >= 0.6 is 0 Å². The van der Waals surface area contributed by atoms with Gasteiger partial charge in [0.2, 0.25) is 5.91 Å². The number of hydrogen-bond acceptors (Lipinski definition) is 7. The van der Waals surface area contributed by atoms with Crippen LogP contribution in [0.2, 0.25) is 0 Å². The second-order valence-corrected chi connectivity index (χ2v) is 10.7. The highest BCUT2D eigenvalue weighted by Crippen LogP contribution is 2.25. The van der Waals surface area contributed by atoms with E-state index in [4.69, 9.17) is 5.73 Å². The maximum atomic E-state index is 14.2. The van der Waals surface area contributed by atoms with Gasteiger partial charge in [0, 0.05) is 48.1 Å². The summed E-state index contributed by atoms with van der Waals surface area (Å²) in [5, 5.41) is 11.0. The second-order valence-electron chi connectivity index (χ2n) is 10.7. The number of carbonyl (C=O) groups is 3. The Kier molecular flexibility index (Phi) is 7.64. The van der Waals surface area contributed by atoms with Crippen LogP contribution in [0.5, 0.6) is 0 Å². The molecule has 11 nitrogen and oxygen atoms in total. The largest absolute Gasteiger partial charge is 0.381 e. The van der Waals surface area contributed by atoms with Crippen molar-refractivity contribution in [1.82, 2.24) is 29.8 Å². The highest BCUT2D eigenvalue weighted by molar-refractivity contribution is 6.04. The maximum Gasteiger partial charge on any atom is 0.264 e. The summed E-state index contributed by atoms with van der Waals surface area (Å²) in [4.78, 5) is 55.8. The average molecular weight is 588 g/mol. The van der Waals surface area contributed by atoms with Crippen molar-refractivity contribution in [1.29, 1.82) is 0 Å². The fraction of sp³-hybridized carbons (Fsp3) is 0.212. The number of nitrogens with one attached hydrogen (secondary N) is 2. The van der Waals surface area contributed by atoms with Crippen molar-refractivity contribution in [3.05, 3.63) is 100 Å². The molecule has 3 heterocycles. The molecule has 1 fully saturated rings. The molecular formula is C33H29N7O4. The first kappa shape index (κ1) is 28.4. The van der Waals surface area contributed by atoms with E-state index in [1.54, 1.807) is 42.1 Å². The number of anilines is 1. The Morgan fingerprint density at radius 1 is 1.11 bits per heavy atom. The number of Topliss-reactive ketones (excluding diaryl/α,β-unsaturated/α-hetero) is 1. The molecule has 44 heavy (non-hydrogen) atoms. The van der Waals surface area contributed by atoms with Gasteiger partial charge in [-0.25, -0.2) is 9.50 Å². The van der Waals surface area contributed by atoms with Gasteiger partial charge < -0.3 is 16.4 Å². The normalized spacial score (nSPS) is 15.1. The van der Waals surface area contributed by atoms with Gasteiger partial charge in [-0.15, -0.1) is 5.10 Å². The number of pyridine rings is 1. The summed E-state index contributed by atoms with van der Waals surface area (Å²) in [6, 6.07) is 17.5. The first-order valence-electron chi connectivity index (χ1n) is 14.2. The molecule has 6 rings (SSSR count). The molecule has 2 amide bonds. The smallest absolute Gasteiger partial charge is 0.264 e. The van der Waals surface area contributed by atoms with Crippen LogP contribution in [0.25, 0.3) is 22.1 Å². The number of para-hydroxylation sites is 1. The van der Waals surface area contributed by atoms with Gasteiger partial charge in [0.25, 0.3) is 11.5 Å². The van der Waals surface area contributed by atoms with E-state index < -0.39 is 11.9 Å². The van der Waals surface area contributed by atoms with Crippen LogP contribution < -0.4 is 21.9 Å². The van der Waals surface area contributed by atoms with Crippen LogP contribution in [-0.4, -0.2) is 43.3 Å². The number of fused-ring (bicyclic) bond motifs is 2. The standard InChI is InChI=1S/C33H29N7O4/c1-20(37-32(43)28-29(34)38-39-17-7-16-35-30(28)39)26-19-22-9-5-8-21(10-6-15-36-31(42)23-13-14-25(41)18-23)27(22)33(44)40(26)24-11-3-2-4-12-24/h2-5,7-9,11-12,16-17,19-20,23H,13-15,18H2,1H3,(H2,34,38)(H,36,42)(H,37,43). The molecule has 0 spiro atoms. The zero-order valence-electron chi connectivity index (χ0n) is 23.9. The van der Waals surface area contributed by atoms with Crippen molar-refractivity contribution in [3.63, 3.8) is 0 Å². The lowest BCUT2D eigenvalue weighted by Gasteiger charge is -2.21. The van der Waals surface area contributed by atoms with Crippen LogP contribution in [0.4, 0.5) is 5.82 Å². The van der Waals surface area contributed by atoms with Gasteiger partial charge in [0.15, 0.2) is 11.5 Å². The molecule has 5 aromatic rings. The highest BCUT2D eigenvalue weighted by Gasteiger charge is 2.28. The monoisotopic (exact) mass is 587 g/mol. The van der Waals surface area contributed by atoms with Gasteiger partial charge in [0.05, 0.1) is 18.0 Å². The SMILES string of the molecule is CC(NC(=O)c1c(N)nn2cccnc12)c1cc2cccc(C#CCNC(=O)C3CCC(=O)C3)c2c(=O)n1-c1ccccc1. The third-order valence-corrected chi connectivity index (χ3v) is 7.72. The van der Waals surface area contributed by atoms with Gasteiger partial charge >= 0.3 is 0 Å². The minimum Gasteiger partial charge on any atom is -0.381 e. The predicted octanol–water partition coefficient (Wildman–Crippen LogP) is 2.94. The van der Waals surface area contributed by atoms with Crippen LogP contribution in [0.15, 0.2) is 77.9 Å². The van der Waals surface area contributed by atoms with Crippen molar-refractivity contribution >= 4 is 39.8 Å². The Balaban J connectivity index is 1.35. The zero-order valence-corrected chi connectivity index (χ0v) is 23.9. The number of nitrogens with two attached hydrogens (primary N) is 1. The number of carbonyl (C=O) groups excluding carboxylic acids is 3. The molecule has 0 aliphatic heterocycles. The Labute approximate surface area is 252 Å². The minimum atomic E-state index is -0.620. The molecule has 0 saturated heterocycles. The van der Waals surface area contributed by atoms with Crippen LogP contribution in [0.3, 0.4) is 0 Å². The number of benzene rings is 2. The Hall–Kier alpha value is -5.76. The first-order chi connectivity index (χ1) is 21.3. The van der Waals surface area contributed by atoms with E-state index in [0.29, 0.717) is 46.2 Å². The van der Waals surface area contributed by atoms with Gasteiger partial charge in [-0.3, -0.25) is 23.7 Å². The van der Waals surface area contributed by atoms with Crippen molar-refractivity contribution in [3.8, 4) is 17.5 Å². The summed E-state index contributed by atoms with van der Waals surface area (Å²) in [5.41, 5.74) is 7.92. The van der Waals surface area contributed by atoms with Gasteiger partial charge in [-0.2, -0.15) is 0 Å². The highest BCUT2D eigenvalue weighted by atomic mass is 16.2. The van der Waals surface area contributed by atoms with Gasteiger partial charge in [0.1, 0.15) is 11.3 Å². The Morgan fingerprint density at radius 3 is 2.70 bits per heavy atom. The molecule has 11 heteroatoms. The van der Waals surface area contributed by atoms with E-state index in [2.05, 4.69) is 32.6 Å². The van der Waals surface area contributed by atoms with Crippen LogP contribution in [0, 0.1) is 17.8 Å². The molecule has 2 atom stereocenters. The summed E-state index contributed by atoms with van der Waals surface area (Å²) in [7, 11) is 0. The van der Waals surface area contributed by atoms with E-state index in [0.717, 1.165) is 0 Å². The number of hydrogen-bond donors (Lipinski definition) is 3. The summed E-state index contributed by atoms with van der Waals surface area (Å²) < 4.78 is 3.00. The van der Waals surface area contributed by atoms with Crippen molar-refractivity contribution in [2.75, 3.05) is 12.3 Å². The molecule has 0 bridgehead atoms. The molecule has 1 saturated carbocycles. The lowest BCUT2D eigenvalue weighted by atomic mass is 10.0. The number of nitrogens with zero attached hydrogens (tertiary/aromatic N) is 4. The zero-order chi connectivity index (χ0) is 30.8. The number of aromatic nitrogens is 4. The Bertz CT molecular complexity index is 2050. The Morgan fingerprint density at radius 2 is 1.93 bits per heavy atom. The molecule has 2 unspecified atom stereocenters. The number of ketones is 1. The van der Waals surface area contributed by atoms with Crippen molar-refractivity contribution < 1.29 is 14.4 Å². The van der Waals surface area contributed by atoms with Crippen LogP contribution in [-0.2, 0) is 9.59 Å². The molecule has 220 valence electrons. The topological polar surface area (TPSA) is 153 Å². The van der Waals surface area contributed by atoms with E-state index in [1.165, 1.54) is 4.52 Å². The molecule has 1 aliphatic carbocycles. The van der Waals surface area contributed by atoms with E-state index in [9.17, 15) is 19.2 Å². The molecule has 2 aromatic carbocycles. The summed E-state index contributed by atoms with van der Waals surface area (Å²) in [6.07, 6.45) is 4.47. The van der Waals surface area contributed by atoms with E-state index >= 15 is 0 Å².